The van der Waals surface area contributed by atoms with Crippen LogP contribution in [0, 0.1) is 6.92 Å². The molecule has 2 heterocycles. The minimum Gasteiger partial charge on any atom is -0.382 e. The molecular weight excluding hydrogens is 254 g/mol. The summed E-state index contributed by atoms with van der Waals surface area (Å²) in [6, 6.07) is 0. The van der Waals surface area contributed by atoms with Crippen molar-refractivity contribution in [1.82, 2.24) is 9.97 Å². The first-order chi connectivity index (χ1) is 9.78. The van der Waals surface area contributed by atoms with E-state index < -0.39 is 0 Å². The molecule has 5 heteroatoms. The summed E-state index contributed by atoms with van der Waals surface area (Å²) < 4.78 is 11.0. The van der Waals surface area contributed by atoms with E-state index in [0.717, 1.165) is 44.2 Å². The predicted octanol–water partition coefficient (Wildman–Crippen LogP) is 1.52. The highest BCUT2D eigenvalue weighted by Gasteiger charge is 2.26. The van der Waals surface area contributed by atoms with E-state index in [1.54, 1.807) is 7.11 Å². The average Bonchev–Trinajstić information content (AvgIpc) is 2.47. The van der Waals surface area contributed by atoms with Crippen molar-refractivity contribution < 1.29 is 9.47 Å². The largest absolute Gasteiger partial charge is 0.382 e. The first-order valence-corrected chi connectivity index (χ1v) is 7.50. The lowest BCUT2D eigenvalue weighted by Gasteiger charge is -2.35. The third kappa shape index (κ3) is 2.79. The van der Waals surface area contributed by atoms with Gasteiger partial charge in [0.25, 0.3) is 0 Å². The molecule has 1 unspecified atom stereocenters. The van der Waals surface area contributed by atoms with Crippen LogP contribution >= 0.6 is 0 Å². The summed E-state index contributed by atoms with van der Waals surface area (Å²) in [5.41, 5.74) is 2.62. The molecule has 0 spiro atoms. The van der Waals surface area contributed by atoms with Crippen molar-refractivity contribution in [1.29, 1.82) is 0 Å². The van der Waals surface area contributed by atoms with Crippen molar-refractivity contribution in [2.24, 2.45) is 0 Å². The highest BCUT2D eigenvalue weighted by molar-refractivity contribution is 5.50. The number of ether oxygens (including phenoxy) is 2. The number of aromatic nitrogens is 2. The normalized spacial score (nSPS) is 22.7. The molecule has 1 saturated heterocycles. The molecule has 1 aromatic heterocycles. The molecule has 1 aliphatic heterocycles. The Labute approximate surface area is 120 Å². The van der Waals surface area contributed by atoms with Crippen molar-refractivity contribution in [3.8, 4) is 0 Å². The van der Waals surface area contributed by atoms with Gasteiger partial charge in [-0.05, 0) is 32.6 Å². The van der Waals surface area contributed by atoms with Gasteiger partial charge in [0, 0.05) is 31.5 Å². The van der Waals surface area contributed by atoms with Gasteiger partial charge in [0.15, 0.2) is 0 Å². The molecule has 0 N–H and O–H groups in total. The van der Waals surface area contributed by atoms with E-state index in [-0.39, 0.29) is 6.10 Å². The molecule has 1 aromatic rings. The van der Waals surface area contributed by atoms with Crippen LogP contribution < -0.4 is 4.90 Å². The summed E-state index contributed by atoms with van der Waals surface area (Å²) in [6.07, 6.45) is 4.84. The number of hydrogen-bond acceptors (Lipinski definition) is 5. The third-order valence-corrected chi connectivity index (χ3v) is 4.06. The summed E-state index contributed by atoms with van der Waals surface area (Å²) in [5, 5.41) is 0. The minimum atomic E-state index is 0.142. The predicted molar refractivity (Wildman–Crippen MR) is 77.2 cm³/mol. The molecule has 1 fully saturated rings. The lowest BCUT2D eigenvalue weighted by Crippen LogP contribution is -2.45. The molecule has 0 aromatic carbocycles. The van der Waals surface area contributed by atoms with Gasteiger partial charge in [-0.3, -0.25) is 0 Å². The van der Waals surface area contributed by atoms with Gasteiger partial charge in [-0.15, -0.1) is 0 Å². The van der Waals surface area contributed by atoms with E-state index in [0.29, 0.717) is 6.61 Å². The summed E-state index contributed by atoms with van der Waals surface area (Å²) in [5.74, 6) is 2.02. The fraction of sp³-hybridized carbons (Fsp3) is 0.733. The highest BCUT2D eigenvalue weighted by Crippen LogP contribution is 2.29. The summed E-state index contributed by atoms with van der Waals surface area (Å²) in [6.45, 7) is 5.14. The number of aryl methyl sites for hydroxylation is 2. The van der Waals surface area contributed by atoms with E-state index in [4.69, 9.17) is 14.5 Å². The maximum absolute atomic E-state index is 5.73. The fourth-order valence-electron chi connectivity index (χ4n) is 3.15. The number of nitrogens with zero attached hydrogens (tertiary/aromatic N) is 3. The van der Waals surface area contributed by atoms with Crippen LogP contribution in [0.1, 0.15) is 29.9 Å². The number of anilines is 1. The zero-order valence-corrected chi connectivity index (χ0v) is 12.4. The van der Waals surface area contributed by atoms with Crippen molar-refractivity contribution in [3.63, 3.8) is 0 Å². The maximum Gasteiger partial charge on any atom is 0.135 e. The lowest BCUT2D eigenvalue weighted by atomic mass is 9.96. The molecule has 0 saturated carbocycles. The monoisotopic (exact) mass is 277 g/mol. The minimum absolute atomic E-state index is 0.142. The molecular formula is C15H23N3O2. The molecule has 0 amide bonds. The van der Waals surface area contributed by atoms with Crippen molar-refractivity contribution in [2.75, 3.05) is 38.3 Å². The second-order valence-electron chi connectivity index (χ2n) is 5.62. The first kappa shape index (κ1) is 13.8. The molecule has 20 heavy (non-hydrogen) atoms. The Morgan fingerprint density at radius 3 is 3.00 bits per heavy atom. The van der Waals surface area contributed by atoms with E-state index in [1.165, 1.54) is 24.1 Å². The Hall–Kier alpha value is -1.20. The molecule has 1 atom stereocenters. The fourth-order valence-corrected chi connectivity index (χ4v) is 3.15. The molecule has 0 bridgehead atoms. The Bertz CT molecular complexity index is 476. The Morgan fingerprint density at radius 2 is 2.15 bits per heavy atom. The average molecular weight is 277 g/mol. The summed E-state index contributed by atoms with van der Waals surface area (Å²) in [7, 11) is 1.72. The van der Waals surface area contributed by atoms with Crippen LogP contribution in [0.15, 0.2) is 0 Å². The van der Waals surface area contributed by atoms with Crippen molar-refractivity contribution in [2.45, 2.75) is 38.7 Å². The Morgan fingerprint density at radius 1 is 1.30 bits per heavy atom. The van der Waals surface area contributed by atoms with Crippen LogP contribution in [-0.4, -0.2) is 49.5 Å². The molecule has 5 nitrogen and oxygen atoms in total. The van der Waals surface area contributed by atoms with E-state index in [9.17, 15) is 0 Å². The first-order valence-electron chi connectivity index (χ1n) is 7.50. The van der Waals surface area contributed by atoms with Gasteiger partial charge >= 0.3 is 0 Å². The van der Waals surface area contributed by atoms with Gasteiger partial charge in [0.05, 0.1) is 19.3 Å². The van der Waals surface area contributed by atoms with Crippen LogP contribution in [0.2, 0.25) is 0 Å². The number of methoxy groups -OCH3 is 1. The quantitative estimate of drug-likeness (QED) is 0.838. The number of rotatable bonds is 3. The topological polar surface area (TPSA) is 47.5 Å². The van der Waals surface area contributed by atoms with Crippen molar-refractivity contribution >= 4 is 5.82 Å². The second-order valence-corrected chi connectivity index (χ2v) is 5.62. The van der Waals surface area contributed by atoms with Gasteiger partial charge in [-0.2, -0.15) is 0 Å². The van der Waals surface area contributed by atoms with Gasteiger partial charge in [-0.1, -0.05) is 0 Å². The van der Waals surface area contributed by atoms with Gasteiger partial charge in [0.1, 0.15) is 11.6 Å². The van der Waals surface area contributed by atoms with E-state index in [2.05, 4.69) is 9.88 Å². The number of hydrogen-bond donors (Lipinski definition) is 0. The SMILES string of the molecule is COCC1CN(c2nc(C)nc3c2CCCC3)CCO1. The third-order valence-electron chi connectivity index (χ3n) is 4.06. The second kappa shape index (κ2) is 6.06. The molecule has 2 aliphatic rings. The van der Waals surface area contributed by atoms with Crippen molar-refractivity contribution in [3.05, 3.63) is 17.1 Å². The zero-order chi connectivity index (χ0) is 13.9. The number of morpholine rings is 1. The molecule has 3 rings (SSSR count). The van der Waals surface area contributed by atoms with Crippen LogP contribution in [0.5, 0.6) is 0 Å². The maximum atomic E-state index is 5.73. The van der Waals surface area contributed by atoms with Gasteiger partial charge in [0.2, 0.25) is 0 Å². The molecule has 110 valence electrons. The Balaban J connectivity index is 1.87. The van der Waals surface area contributed by atoms with Crippen LogP contribution in [0.4, 0.5) is 5.82 Å². The summed E-state index contributed by atoms with van der Waals surface area (Å²) >= 11 is 0. The standard InChI is InChI=1S/C15H23N3O2/c1-11-16-14-6-4-3-5-13(14)15(17-11)18-7-8-20-12(9-18)10-19-2/h12H,3-10H2,1-2H3. The van der Waals surface area contributed by atoms with E-state index >= 15 is 0 Å². The molecule has 1 aliphatic carbocycles. The van der Waals surface area contributed by atoms with Crippen LogP contribution in [-0.2, 0) is 22.3 Å². The Kier molecular flexibility index (Phi) is 4.17. The molecule has 0 radical (unpaired) electrons. The number of fused-ring (bicyclic) bond motifs is 1. The highest BCUT2D eigenvalue weighted by atomic mass is 16.5. The zero-order valence-electron chi connectivity index (χ0n) is 12.4. The van der Waals surface area contributed by atoms with Crippen LogP contribution in [0.25, 0.3) is 0 Å². The van der Waals surface area contributed by atoms with Gasteiger partial charge < -0.3 is 14.4 Å². The summed E-state index contributed by atoms with van der Waals surface area (Å²) in [4.78, 5) is 11.7. The smallest absolute Gasteiger partial charge is 0.135 e. The van der Waals surface area contributed by atoms with Gasteiger partial charge in [-0.25, -0.2) is 9.97 Å². The van der Waals surface area contributed by atoms with E-state index in [1.807, 2.05) is 6.92 Å². The lowest BCUT2D eigenvalue weighted by molar-refractivity contribution is -0.0103. The van der Waals surface area contributed by atoms with Crippen LogP contribution in [0.3, 0.4) is 0 Å².